The molecule has 0 radical (unpaired) electrons. The molecule has 1 aliphatic heterocycles. The molecule has 1 rings (SSSR count). The van der Waals surface area contributed by atoms with Gasteiger partial charge in [0.1, 0.15) is 6.79 Å². The summed E-state index contributed by atoms with van der Waals surface area (Å²) in [6.07, 6.45) is 5.31. The van der Waals surface area contributed by atoms with E-state index in [1.165, 1.54) is 45.3 Å². The average Bonchev–Trinajstić information content (AvgIpc) is 3.21. The summed E-state index contributed by atoms with van der Waals surface area (Å²) in [4.78, 5) is 8.00. The first-order chi connectivity index (χ1) is 11.8. The molecule has 0 spiro atoms. The SMILES string of the molecule is C.C=C.C=O.CC.CC.CCCNCCC1CCCN1.CO.COC. The Bertz CT molecular complexity index is 132. The molecule has 0 saturated carbocycles. The molecule has 1 heterocycles. The fourth-order valence-corrected chi connectivity index (χ4v) is 1.58. The molecule has 0 aromatic carbocycles. The molecule has 5 heteroatoms. The summed E-state index contributed by atoms with van der Waals surface area (Å²) in [6.45, 7) is 21.8. The maximum absolute atomic E-state index is 8.00. The zero-order valence-corrected chi connectivity index (χ0v) is 17.9. The van der Waals surface area contributed by atoms with Gasteiger partial charge < -0.3 is 25.3 Å². The second kappa shape index (κ2) is 76.7. The molecular weight excluding hydrogens is 316 g/mol. The van der Waals surface area contributed by atoms with Crippen molar-refractivity contribution in [2.75, 3.05) is 41.0 Å². The van der Waals surface area contributed by atoms with E-state index >= 15 is 0 Å². The van der Waals surface area contributed by atoms with Gasteiger partial charge >= 0.3 is 0 Å². The van der Waals surface area contributed by atoms with Crippen molar-refractivity contribution in [3.63, 3.8) is 0 Å². The molecule has 1 fully saturated rings. The van der Waals surface area contributed by atoms with Gasteiger partial charge in [-0.15, -0.1) is 13.2 Å². The fourth-order valence-electron chi connectivity index (χ4n) is 1.58. The van der Waals surface area contributed by atoms with Crippen LogP contribution in [0.15, 0.2) is 13.2 Å². The van der Waals surface area contributed by atoms with Gasteiger partial charge in [-0.2, -0.15) is 0 Å². The third-order valence-electron chi connectivity index (χ3n) is 2.26. The van der Waals surface area contributed by atoms with E-state index in [1.54, 1.807) is 14.2 Å². The maximum atomic E-state index is 8.00. The number of aliphatic hydroxyl groups excluding tert-OH is 1. The van der Waals surface area contributed by atoms with Crippen LogP contribution in [0, 0.1) is 0 Å². The first-order valence-corrected chi connectivity index (χ1v) is 8.93. The number of aliphatic hydroxyl groups is 1. The molecule has 5 nitrogen and oxygen atoms in total. The van der Waals surface area contributed by atoms with E-state index in [9.17, 15) is 0 Å². The largest absolute Gasteiger partial charge is 0.400 e. The smallest absolute Gasteiger partial charge is 0.106 e. The van der Waals surface area contributed by atoms with Gasteiger partial charge in [-0.3, -0.25) is 0 Å². The van der Waals surface area contributed by atoms with E-state index in [0.717, 1.165) is 13.2 Å². The molecule has 1 aliphatic rings. The number of hydrogen-bond acceptors (Lipinski definition) is 5. The Kier molecular flexibility index (Phi) is 135. The Balaban J connectivity index is -0.0000000394. The van der Waals surface area contributed by atoms with Crippen LogP contribution >= 0.6 is 0 Å². The predicted octanol–water partition coefficient (Wildman–Crippen LogP) is 4.31. The number of nitrogens with one attached hydrogen (secondary N) is 2. The normalized spacial score (nSPS) is 12.4. The first-order valence-electron chi connectivity index (χ1n) is 8.93. The van der Waals surface area contributed by atoms with Crippen LogP contribution in [0.3, 0.4) is 0 Å². The Labute approximate surface area is 160 Å². The Hall–Kier alpha value is -0.750. The summed E-state index contributed by atoms with van der Waals surface area (Å²) in [6, 6.07) is 0.805. The van der Waals surface area contributed by atoms with Gasteiger partial charge in [-0.05, 0) is 45.3 Å². The lowest BCUT2D eigenvalue weighted by atomic mass is 10.1. The molecule has 0 aromatic heterocycles. The van der Waals surface area contributed by atoms with Gasteiger partial charge in [0.05, 0.1) is 0 Å². The molecule has 25 heavy (non-hydrogen) atoms. The summed E-state index contributed by atoms with van der Waals surface area (Å²) in [5.41, 5.74) is 0. The van der Waals surface area contributed by atoms with Gasteiger partial charge in [-0.25, -0.2) is 0 Å². The molecule has 3 N–H and O–H groups in total. The van der Waals surface area contributed by atoms with Crippen molar-refractivity contribution < 1.29 is 14.6 Å². The quantitative estimate of drug-likeness (QED) is 0.498. The van der Waals surface area contributed by atoms with Crippen molar-refractivity contribution in [3.8, 4) is 0 Å². The highest BCUT2D eigenvalue weighted by atomic mass is 16.4. The van der Waals surface area contributed by atoms with Crippen LogP contribution in [0.2, 0.25) is 0 Å². The minimum atomic E-state index is 0. The molecule has 1 saturated heterocycles. The Morgan fingerprint density at radius 3 is 1.76 bits per heavy atom. The van der Waals surface area contributed by atoms with E-state index in [2.05, 4.69) is 35.5 Å². The van der Waals surface area contributed by atoms with E-state index in [1.807, 2.05) is 34.5 Å². The fraction of sp³-hybridized carbons (Fsp3) is 0.850. The number of carbonyl (C=O) groups is 1. The van der Waals surface area contributed by atoms with Crippen molar-refractivity contribution in [1.29, 1.82) is 0 Å². The zero-order valence-electron chi connectivity index (χ0n) is 17.9. The van der Waals surface area contributed by atoms with E-state index in [4.69, 9.17) is 9.90 Å². The molecule has 160 valence electrons. The maximum Gasteiger partial charge on any atom is 0.106 e. The standard InChI is InChI=1S/C9H20N2.C2H6O.2C2H6.C2H4.CH4O.CH2O.CH4/c1-2-6-10-8-5-9-4-3-7-11-9;1-3-2;5*1-2;/h9-11H,2-8H2,1H3;1-2H3;2*1-2H3;1-2H2;2H,1H3;1H2;1H4. The van der Waals surface area contributed by atoms with Crippen molar-refractivity contribution in [2.24, 2.45) is 0 Å². The highest BCUT2D eigenvalue weighted by molar-refractivity contribution is 5.10. The van der Waals surface area contributed by atoms with E-state index < -0.39 is 0 Å². The van der Waals surface area contributed by atoms with Gasteiger partial charge in [0.2, 0.25) is 0 Å². The monoisotopic (exact) mass is 368 g/mol. The number of hydrogen-bond donors (Lipinski definition) is 3. The summed E-state index contributed by atoms with van der Waals surface area (Å²) in [7, 11) is 4.25. The first kappa shape index (κ1) is 44.1. The molecule has 0 aromatic rings. The van der Waals surface area contributed by atoms with E-state index in [0.29, 0.717) is 0 Å². The van der Waals surface area contributed by atoms with Crippen LogP contribution in [-0.2, 0) is 9.53 Å². The van der Waals surface area contributed by atoms with Crippen molar-refractivity contribution in [3.05, 3.63) is 13.2 Å². The van der Waals surface area contributed by atoms with Crippen LogP contribution in [0.5, 0.6) is 0 Å². The number of carbonyl (C=O) groups excluding carboxylic acids is 1. The van der Waals surface area contributed by atoms with Crippen LogP contribution < -0.4 is 10.6 Å². The van der Waals surface area contributed by atoms with E-state index in [-0.39, 0.29) is 7.43 Å². The minimum absolute atomic E-state index is 0. The second-order valence-electron chi connectivity index (χ2n) is 3.74. The number of methoxy groups -OCH3 is 1. The molecule has 1 atom stereocenters. The second-order valence-corrected chi connectivity index (χ2v) is 3.74. The molecule has 0 bridgehead atoms. The van der Waals surface area contributed by atoms with Crippen molar-refractivity contribution in [1.82, 2.24) is 10.6 Å². The topological polar surface area (TPSA) is 70.6 Å². The molecule has 0 amide bonds. The average molecular weight is 369 g/mol. The summed E-state index contributed by atoms with van der Waals surface area (Å²) >= 11 is 0. The highest BCUT2D eigenvalue weighted by Gasteiger charge is 2.12. The molecule has 1 unspecified atom stereocenters. The third-order valence-corrected chi connectivity index (χ3v) is 2.26. The number of ether oxygens (including phenoxy) is 1. The van der Waals surface area contributed by atoms with Crippen LogP contribution in [0.1, 0.15) is 67.7 Å². The number of rotatable bonds is 5. The van der Waals surface area contributed by atoms with Gasteiger partial charge in [0.15, 0.2) is 0 Å². The van der Waals surface area contributed by atoms with Crippen molar-refractivity contribution in [2.45, 2.75) is 73.8 Å². The molecule has 0 aliphatic carbocycles. The van der Waals surface area contributed by atoms with Gasteiger partial charge in [-0.1, -0.05) is 42.0 Å². The van der Waals surface area contributed by atoms with Crippen LogP contribution in [0.25, 0.3) is 0 Å². The molecular formula is C20H52N2O3. The zero-order chi connectivity index (χ0) is 20.6. The summed E-state index contributed by atoms with van der Waals surface area (Å²) in [5, 5.41) is 13.9. The van der Waals surface area contributed by atoms with Crippen LogP contribution in [0.4, 0.5) is 0 Å². The minimum Gasteiger partial charge on any atom is -0.400 e. The third kappa shape index (κ3) is 70.0. The lowest BCUT2D eigenvalue weighted by Gasteiger charge is -2.09. The highest BCUT2D eigenvalue weighted by Crippen LogP contribution is 2.07. The van der Waals surface area contributed by atoms with Crippen molar-refractivity contribution >= 4 is 6.79 Å². The lowest BCUT2D eigenvalue weighted by molar-refractivity contribution is -0.0979. The van der Waals surface area contributed by atoms with Crippen LogP contribution in [-0.4, -0.2) is 58.9 Å². The lowest BCUT2D eigenvalue weighted by Crippen LogP contribution is -2.27. The van der Waals surface area contributed by atoms with Gasteiger partial charge in [0, 0.05) is 27.4 Å². The Morgan fingerprint density at radius 1 is 1.08 bits per heavy atom. The summed E-state index contributed by atoms with van der Waals surface area (Å²) < 4.78 is 4.25. The Morgan fingerprint density at radius 2 is 1.48 bits per heavy atom. The van der Waals surface area contributed by atoms with Gasteiger partial charge in [0.25, 0.3) is 0 Å². The summed E-state index contributed by atoms with van der Waals surface area (Å²) in [5.74, 6) is 0. The predicted molar refractivity (Wildman–Crippen MR) is 118 cm³/mol.